The van der Waals surface area contributed by atoms with E-state index in [2.05, 4.69) is 6.07 Å². The average Bonchev–Trinajstić information content (AvgIpc) is 2.35. The molecule has 1 unspecified atom stereocenters. The van der Waals surface area contributed by atoms with E-state index in [4.69, 9.17) is 0 Å². The van der Waals surface area contributed by atoms with Crippen molar-refractivity contribution in [1.82, 2.24) is 0 Å². The summed E-state index contributed by atoms with van der Waals surface area (Å²) < 4.78 is 0. The molecule has 1 aromatic carbocycles. The summed E-state index contributed by atoms with van der Waals surface area (Å²) in [5, 5.41) is 11.7. The van der Waals surface area contributed by atoms with E-state index in [9.17, 15) is 5.21 Å². The van der Waals surface area contributed by atoms with E-state index >= 15 is 0 Å². The second kappa shape index (κ2) is 2.28. The zero-order valence-electron chi connectivity index (χ0n) is 7.79. The van der Waals surface area contributed by atoms with Gasteiger partial charge in [0.15, 0.2) is 0 Å². The zero-order chi connectivity index (χ0) is 9.28. The zero-order valence-corrected chi connectivity index (χ0v) is 8.60. The third-order valence-corrected chi connectivity index (χ3v) is 4.90. The van der Waals surface area contributed by atoms with Crippen LogP contribution in [0.1, 0.15) is 23.1 Å². The topological polar surface area (TPSA) is 23.5 Å². The monoisotopic (exact) mass is 205 g/mol. The molecule has 1 N–H and O–H groups in total. The van der Waals surface area contributed by atoms with E-state index in [0.717, 1.165) is 12.1 Å². The largest absolute Gasteiger partial charge is 0.287 e. The van der Waals surface area contributed by atoms with Gasteiger partial charge in [0.25, 0.3) is 0 Å². The Morgan fingerprint density at radius 3 is 3.00 bits per heavy atom. The molecule has 3 heteroatoms. The molecule has 0 saturated heterocycles. The highest BCUT2D eigenvalue weighted by molar-refractivity contribution is 8.00. The summed E-state index contributed by atoms with van der Waals surface area (Å²) in [6.45, 7) is 0. The number of aryl methyl sites for hydroxylation is 1. The highest BCUT2D eigenvalue weighted by Crippen LogP contribution is 2.53. The standard InChI is InChI=1S/C11H11NOS/c13-12-10-4-3-8-7-2-1-6(7)5-9(14-10)11(8)12/h5,10,13H,1-4H2. The Kier molecular flexibility index (Phi) is 1.24. The van der Waals surface area contributed by atoms with Crippen LogP contribution in [-0.4, -0.2) is 10.6 Å². The normalized spacial score (nSPS) is 26.1. The van der Waals surface area contributed by atoms with Gasteiger partial charge in [-0.1, -0.05) is 11.8 Å². The van der Waals surface area contributed by atoms with Crippen molar-refractivity contribution in [3.63, 3.8) is 0 Å². The highest BCUT2D eigenvalue weighted by atomic mass is 32.2. The second-order valence-corrected chi connectivity index (χ2v) is 5.51. The fourth-order valence-corrected chi connectivity index (χ4v) is 4.09. The predicted molar refractivity (Wildman–Crippen MR) is 56.1 cm³/mol. The maximum Gasteiger partial charge on any atom is 0.106 e. The molecule has 0 fully saturated rings. The molecule has 1 aromatic rings. The highest BCUT2D eigenvalue weighted by Gasteiger charge is 2.38. The Bertz CT molecular complexity index is 443. The third kappa shape index (κ3) is 0.708. The quantitative estimate of drug-likeness (QED) is 0.703. The molecule has 14 heavy (non-hydrogen) atoms. The number of fused-ring (bicyclic) bond motifs is 3. The minimum atomic E-state index is 0.290. The van der Waals surface area contributed by atoms with Gasteiger partial charge in [0, 0.05) is 4.90 Å². The van der Waals surface area contributed by atoms with Gasteiger partial charge in [-0.05, 0) is 48.4 Å². The van der Waals surface area contributed by atoms with Crippen LogP contribution in [0.2, 0.25) is 0 Å². The summed E-state index contributed by atoms with van der Waals surface area (Å²) in [6.07, 6.45) is 4.72. The Labute approximate surface area is 86.9 Å². The van der Waals surface area contributed by atoms with Crippen LogP contribution in [0.3, 0.4) is 0 Å². The van der Waals surface area contributed by atoms with Gasteiger partial charge in [-0.15, -0.1) is 0 Å². The first-order valence-electron chi connectivity index (χ1n) is 5.17. The van der Waals surface area contributed by atoms with Gasteiger partial charge in [0.1, 0.15) is 5.37 Å². The molecule has 1 atom stereocenters. The minimum Gasteiger partial charge on any atom is -0.287 e. The number of hydrogen-bond donors (Lipinski definition) is 1. The molecular formula is C11H11NOS. The van der Waals surface area contributed by atoms with E-state index in [1.807, 2.05) is 11.8 Å². The lowest BCUT2D eigenvalue weighted by Gasteiger charge is -2.31. The van der Waals surface area contributed by atoms with Crippen LogP contribution in [-0.2, 0) is 19.3 Å². The van der Waals surface area contributed by atoms with Crippen LogP contribution in [0, 0.1) is 0 Å². The van der Waals surface area contributed by atoms with Crippen molar-refractivity contribution >= 4 is 17.4 Å². The van der Waals surface area contributed by atoms with E-state index < -0.39 is 0 Å². The van der Waals surface area contributed by atoms with Crippen LogP contribution in [0.4, 0.5) is 5.69 Å². The van der Waals surface area contributed by atoms with Gasteiger partial charge in [0.2, 0.25) is 0 Å². The van der Waals surface area contributed by atoms with Crippen molar-refractivity contribution in [3.05, 3.63) is 22.8 Å². The van der Waals surface area contributed by atoms with Crippen molar-refractivity contribution in [2.75, 3.05) is 5.06 Å². The summed E-state index contributed by atoms with van der Waals surface area (Å²) >= 11 is 1.83. The molecule has 0 aromatic heterocycles. The van der Waals surface area contributed by atoms with Gasteiger partial charge in [-0.2, -0.15) is 0 Å². The van der Waals surface area contributed by atoms with Crippen LogP contribution >= 0.6 is 11.8 Å². The van der Waals surface area contributed by atoms with Gasteiger partial charge in [-0.3, -0.25) is 5.21 Å². The number of rotatable bonds is 0. The molecule has 4 rings (SSSR count). The number of thioether (sulfide) groups is 1. The molecule has 2 aliphatic heterocycles. The fourth-order valence-electron chi connectivity index (χ4n) is 2.82. The summed E-state index contributed by atoms with van der Waals surface area (Å²) in [5.74, 6) is 0. The molecule has 2 bridgehead atoms. The fraction of sp³-hybridized carbons (Fsp3) is 0.455. The second-order valence-electron chi connectivity index (χ2n) is 4.30. The van der Waals surface area contributed by atoms with Crippen molar-refractivity contribution in [2.24, 2.45) is 0 Å². The molecule has 2 nitrogen and oxygen atoms in total. The van der Waals surface area contributed by atoms with Crippen LogP contribution in [0.25, 0.3) is 0 Å². The van der Waals surface area contributed by atoms with Crippen molar-refractivity contribution in [2.45, 2.75) is 36.0 Å². The summed E-state index contributed by atoms with van der Waals surface area (Å²) in [5.41, 5.74) is 5.63. The number of anilines is 1. The van der Waals surface area contributed by atoms with Crippen LogP contribution < -0.4 is 5.06 Å². The van der Waals surface area contributed by atoms with E-state index in [0.29, 0.717) is 5.37 Å². The first-order chi connectivity index (χ1) is 6.84. The van der Waals surface area contributed by atoms with E-state index in [-0.39, 0.29) is 0 Å². The lowest BCUT2D eigenvalue weighted by atomic mass is 9.81. The Morgan fingerprint density at radius 1 is 1.29 bits per heavy atom. The molecule has 2 heterocycles. The lowest BCUT2D eigenvalue weighted by Crippen LogP contribution is -2.31. The van der Waals surface area contributed by atoms with Crippen molar-refractivity contribution in [1.29, 1.82) is 0 Å². The minimum absolute atomic E-state index is 0.290. The number of hydroxylamine groups is 1. The van der Waals surface area contributed by atoms with E-state index in [1.165, 1.54) is 45.9 Å². The number of nitrogens with zero attached hydrogens (tertiary/aromatic N) is 1. The molecule has 0 spiro atoms. The first-order valence-corrected chi connectivity index (χ1v) is 6.05. The summed E-state index contributed by atoms with van der Waals surface area (Å²) in [6, 6.07) is 2.29. The summed E-state index contributed by atoms with van der Waals surface area (Å²) in [7, 11) is 0. The molecular weight excluding hydrogens is 194 g/mol. The predicted octanol–water partition coefficient (Wildman–Crippen LogP) is 2.36. The maximum atomic E-state index is 9.93. The average molecular weight is 205 g/mol. The van der Waals surface area contributed by atoms with Crippen LogP contribution in [0.5, 0.6) is 0 Å². The molecule has 1 aliphatic carbocycles. The summed E-state index contributed by atoms with van der Waals surface area (Å²) in [4.78, 5) is 1.31. The molecule has 72 valence electrons. The Hall–Kier alpha value is -0.670. The molecule has 0 radical (unpaired) electrons. The Morgan fingerprint density at radius 2 is 2.21 bits per heavy atom. The van der Waals surface area contributed by atoms with Gasteiger partial charge in [-0.25, -0.2) is 5.06 Å². The SMILES string of the molecule is ON1c2c3cc4c(c2CCC1S3)CC4. The van der Waals surface area contributed by atoms with Crippen molar-refractivity contribution < 1.29 is 5.21 Å². The van der Waals surface area contributed by atoms with Crippen molar-refractivity contribution in [3.8, 4) is 0 Å². The number of benzene rings is 1. The molecule has 0 amide bonds. The third-order valence-electron chi connectivity index (χ3n) is 3.63. The maximum absolute atomic E-state index is 9.93. The van der Waals surface area contributed by atoms with Gasteiger partial charge in [0.05, 0.1) is 5.69 Å². The van der Waals surface area contributed by atoms with Gasteiger partial charge < -0.3 is 0 Å². The smallest absolute Gasteiger partial charge is 0.106 e. The molecule has 0 saturated carbocycles. The van der Waals surface area contributed by atoms with Gasteiger partial charge >= 0.3 is 0 Å². The Balaban J connectivity index is 2.08. The first kappa shape index (κ1) is 7.60. The molecule has 3 aliphatic rings. The number of hydrogen-bond acceptors (Lipinski definition) is 3. The van der Waals surface area contributed by atoms with Crippen LogP contribution in [0.15, 0.2) is 11.0 Å². The lowest BCUT2D eigenvalue weighted by molar-refractivity contribution is 0.236. The van der Waals surface area contributed by atoms with E-state index in [1.54, 1.807) is 0 Å².